The van der Waals surface area contributed by atoms with Crippen LogP contribution in [0.25, 0.3) is 0 Å². The van der Waals surface area contributed by atoms with Gasteiger partial charge >= 0.3 is 5.97 Å². The van der Waals surface area contributed by atoms with E-state index in [1.54, 1.807) is 19.1 Å². The van der Waals surface area contributed by atoms with Gasteiger partial charge in [0.2, 0.25) is 15.8 Å². The molecule has 0 aromatic heterocycles. The van der Waals surface area contributed by atoms with Gasteiger partial charge in [0.1, 0.15) is 12.4 Å². The molecule has 0 saturated carbocycles. The number of halogens is 1. The molecule has 1 N–H and O–H groups in total. The van der Waals surface area contributed by atoms with Gasteiger partial charge in [-0.1, -0.05) is 23.8 Å². The lowest BCUT2D eigenvalue weighted by atomic mass is 10.0. The lowest BCUT2D eigenvalue weighted by Gasteiger charge is -2.08. The Bertz CT molecular complexity index is 923. The minimum Gasteiger partial charge on any atom is -0.456 e. The fraction of sp³-hybridized carbons (Fsp3) is 0.222. The monoisotopic (exact) mass is 379 g/mol. The van der Waals surface area contributed by atoms with Crippen LogP contribution in [0.3, 0.4) is 0 Å². The fourth-order valence-corrected chi connectivity index (χ4v) is 3.22. The molecule has 0 aliphatic heterocycles. The number of benzene rings is 2. The van der Waals surface area contributed by atoms with Crippen LogP contribution in [-0.4, -0.2) is 33.3 Å². The van der Waals surface area contributed by atoms with Crippen LogP contribution in [-0.2, 0) is 19.6 Å². The predicted octanol–water partition coefficient (Wildman–Crippen LogP) is 2.15. The predicted molar refractivity (Wildman–Crippen MR) is 92.8 cm³/mol. The second-order valence-electron chi connectivity index (χ2n) is 5.68. The molecule has 0 heterocycles. The molecular formula is C18H18FNO5S. The summed E-state index contributed by atoms with van der Waals surface area (Å²) < 4.78 is 43.6. The molecule has 0 saturated heterocycles. The molecule has 0 aliphatic carbocycles. The van der Waals surface area contributed by atoms with Crippen molar-refractivity contribution in [3.05, 3.63) is 65.0 Å². The number of carbonyl (C=O) groups excluding carboxylic acids is 2. The molecule has 0 fully saturated rings. The molecule has 0 spiro atoms. The average Bonchev–Trinajstić information content (AvgIpc) is 2.58. The molecule has 2 rings (SSSR count). The van der Waals surface area contributed by atoms with Gasteiger partial charge in [-0.05, 0) is 43.7 Å². The van der Waals surface area contributed by atoms with E-state index in [0.717, 1.165) is 35.4 Å². The summed E-state index contributed by atoms with van der Waals surface area (Å²) >= 11 is 0. The summed E-state index contributed by atoms with van der Waals surface area (Å²) in [6.07, 6.45) is 0. The van der Waals surface area contributed by atoms with E-state index in [1.807, 2.05) is 17.7 Å². The zero-order valence-electron chi connectivity index (χ0n) is 14.3. The van der Waals surface area contributed by atoms with Crippen molar-refractivity contribution in [1.29, 1.82) is 0 Å². The number of Topliss-reactive ketones (excluding diaryl/α,β-unsaturated/α-hetero) is 1. The maximum Gasteiger partial charge on any atom is 0.321 e. The molecule has 0 unspecified atom stereocenters. The molecule has 26 heavy (non-hydrogen) atoms. The van der Waals surface area contributed by atoms with Crippen molar-refractivity contribution in [1.82, 2.24) is 4.72 Å². The number of aryl methyl sites for hydroxylation is 2. The molecule has 0 bridgehead atoms. The number of nitrogens with one attached hydrogen (secondary N) is 1. The summed E-state index contributed by atoms with van der Waals surface area (Å²) in [4.78, 5) is 23.6. The third kappa shape index (κ3) is 5.21. The molecule has 2 aromatic rings. The van der Waals surface area contributed by atoms with Gasteiger partial charge in [0.05, 0.1) is 4.90 Å². The Kier molecular flexibility index (Phi) is 6.23. The van der Waals surface area contributed by atoms with Crippen molar-refractivity contribution in [2.75, 3.05) is 13.2 Å². The highest BCUT2D eigenvalue weighted by Crippen LogP contribution is 2.12. The summed E-state index contributed by atoms with van der Waals surface area (Å²) in [6, 6.07) is 9.41. The van der Waals surface area contributed by atoms with Crippen LogP contribution in [0, 0.1) is 19.7 Å². The van der Waals surface area contributed by atoms with Crippen LogP contribution in [0.5, 0.6) is 0 Å². The van der Waals surface area contributed by atoms with E-state index >= 15 is 0 Å². The van der Waals surface area contributed by atoms with Crippen molar-refractivity contribution in [2.24, 2.45) is 0 Å². The summed E-state index contributed by atoms with van der Waals surface area (Å²) in [5, 5.41) is 0. The van der Waals surface area contributed by atoms with Crippen molar-refractivity contribution >= 4 is 21.8 Å². The molecule has 2 aromatic carbocycles. The third-order valence-corrected chi connectivity index (χ3v) is 4.99. The Hall–Kier alpha value is -2.58. The van der Waals surface area contributed by atoms with E-state index in [9.17, 15) is 22.4 Å². The van der Waals surface area contributed by atoms with Gasteiger partial charge in [-0.2, -0.15) is 4.72 Å². The molecule has 0 atom stereocenters. The topological polar surface area (TPSA) is 89.5 Å². The Morgan fingerprint density at radius 1 is 1.08 bits per heavy atom. The minimum absolute atomic E-state index is 0.182. The van der Waals surface area contributed by atoms with Crippen LogP contribution in [0.15, 0.2) is 47.4 Å². The van der Waals surface area contributed by atoms with E-state index < -0.39 is 35.0 Å². The molecule has 138 valence electrons. The standard InChI is InChI=1S/C18H18FNO5S/c1-12-3-8-16(13(2)9-12)17(21)11-25-18(22)10-20-26(23,24)15-6-4-14(19)5-7-15/h3-9,20H,10-11H2,1-2H3. The van der Waals surface area contributed by atoms with Crippen molar-refractivity contribution in [2.45, 2.75) is 18.7 Å². The Morgan fingerprint density at radius 2 is 1.73 bits per heavy atom. The first kappa shape index (κ1) is 19.7. The first-order valence-corrected chi connectivity index (χ1v) is 9.18. The van der Waals surface area contributed by atoms with Crippen LogP contribution >= 0.6 is 0 Å². The second kappa shape index (κ2) is 8.20. The SMILES string of the molecule is Cc1ccc(C(=O)COC(=O)CNS(=O)(=O)c2ccc(F)cc2)c(C)c1. The number of sulfonamides is 1. The zero-order valence-corrected chi connectivity index (χ0v) is 15.1. The number of carbonyl (C=O) groups is 2. The van der Waals surface area contributed by atoms with Crippen LogP contribution in [0.4, 0.5) is 4.39 Å². The maximum atomic E-state index is 12.8. The molecule has 0 radical (unpaired) electrons. The van der Waals surface area contributed by atoms with Crippen LogP contribution in [0.1, 0.15) is 21.5 Å². The van der Waals surface area contributed by atoms with E-state index in [2.05, 4.69) is 0 Å². The smallest absolute Gasteiger partial charge is 0.321 e. The lowest BCUT2D eigenvalue weighted by Crippen LogP contribution is -2.31. The van der Waals surface area contributed by atoms with Gasteiger partial charge in [0.15, 0.2) is 6.61 Å². The number of ether oxygens (including phenoxy) is 1. The summed E-state index contributed by atoms with van der Waals surface area (Å²) in [5.74, 6) is -1.85. The highest BCUT2D eigenvalue weighted by Gasteiger charge is 2.17. The quantitative estimate of drug-likeness (QED) is 0.588. The normalized spacial score (nSPS) is 11.2. The highest BCUT2D eigenvalue weighted by atomic mass is 32.2. The Labute approximate surface area is 151 Å². The second-order valence-corrected chi connectivity index (χ2v) is 7.45. The van der Waals surface area contributed by atoms with Gasteiger partial charge in [-0.3, -0.25) is 9.59 Å². The zero-order chi connectivity index (χ0) is 19.3. The summed E-state index contributed by atoms with van der Waals surface area (Å²) in [5.41, 5.74) is 2.21. The van der Waals surface area contributed by atoms with Gasteiger partial charge in [0.25, 0.3) is 0 Å². The van der Waals surface area contributed by atoms with Crippen LogP contribution in [0.2, 0.25) is 0 Å². The lowest BCUT2D eigenvalue weighted by molar-refractivity contribution is -0.141. The fourth-order valence-electron chi connectivity index (χ4n) is 2.25. The first-order chi connectivity index (χ1) is 12.2. The Morgan fingerprint density at radius 3 is 2.35 bits per heavy atom. The number of esters is 1. The van der Waals surface area contributed by atoms with E-state index in [0.29, 0.717) is 5.56 Å². The van der Waals surface area contributed by atoms with E-state index in [1.165, 1.54) is 0 Å². The van der Waals surface area contributed by atoms with Gasteiger partial charge < -0.3 is 4.74 Å². The maximum absolute atomic E-state index is 12.8. The number of hydrogen-bond donors (Lipinski definition) is 1. The largest absolute Gasteiger partial charge is 0.456 e. The molecule has 0 aliphatic rings. The summed E-state index contributed by atoms with van der Waals surface area (Å²) in [6.45, 7) is 2.55. The van der Waals surface area contributed by atoms with Crippen molar-refractivity contribution in [3.63, 3.8) is 0 Å². The van der Waals surface area contributed by atoms with Gasteiger partial charge in [0, 0.05) is 5.56 Å². The first-order valence-electron chi connectivity index (χ1n) is 7.70. The Balaban J connectivity index is 1.88. The van der Waals surface area contributed by atoms with Crippen molar-refractivity contribution < 1.29 is 27.1 Å². The summed E-state index contributed by atoms with van der Waals surface area (Å²) in [7, 11) is -3.98. The highest BCUT2D eigenvalue weighted by molar-refractivity contribution is 7.89. The van der Waals surface area contributed by atoms with Crippen LogP contribution < -0.4 is 4.72 Å². The molecular weight excluding hydrogens is 361 g/mol. The minimum atomic E-state index is -3.98. The third-order valence-electron chi connectivity index (χ3n) is 3.58. The van der Waals surface area contributed by atoms with Gasteiger partial charge in [-0.25, -0.2) is 12.8 Å². The number of ketones is 1. The average molecular weight is 379 g/mol. The molecule has 8 heteroatoms. The number of rotatable bonds is 7. The molecule has 6 nitrogen and oxygen atoms in total. The van der Waals surface area contributed by atoms with Gasteiger partial charge in [-0.15, -0.1) is 0 Å². The van der Waals surface area contributed by atoms with E-state index in [4.69, 9.17) is 4.74 Å². The molecule has 0 amide bonds. The van der Waals surface area contributed by atoms with E-state index in [-0.39, 0.29) is 10.7 Å². The number of hydrogen-bond acceptors (Lipinski definition) is 5. The van der Waals surface area contributed by atoms with Crippen molar-refractivity contribution in [3.8, 4) is 0 Å².